The van der Waals surface area contributed by atoms with E-state index in [2.05, 4.69) is 21.8 Å². The van der Waals surface area contributed by atoms with Crippen molar-refractivity contribution >= 4 is 0 Å². The molecule has 0 aromatic heterocycles. The molecule has 1 aliphatic heterocycles. The Hall–Kier alpha value is -1.98. The van der Waals surface area contributed by atoms with Gasteiger partial charge in [0.1, 0.15) is 5.75 Å². The Bertz CT molecular complexity index is 636. The van der Waals surface area contributed by atoms with Crippen molar-refractivity contribution in [1.82, 2.24) is 4.90 Å². The number of hydrogen-bond donors (Lipinski definition) is 1. The zero-order valence-corrected chi connectivity index (χ0v) is 12.7. The van der Waals surface area contributed by atoms with Crippen molar-refractivity contribution in [3.05, 3.63) is 65.7 Å². The number of likely N-dealkylation sites (tertiary alicyclic amines) is 1. The molecule has 2 aromatic carbocycles. The lowest BCUT2D eigenvalue weighted by Crippen LogP contribution is -2.28. The molecule has 2 atom stereocenters. The highest BCUT2D eigenvalue weighted by atomic mass is 19.3. The maximum Gasteiger partial charge on any atom is 0.387 e. The van der Waals surface area contributed by atoms with E-state index in [1.807, 2.05) is 24.3 Å². The molecule has 3 rings (SSSR count). The van der Waals surface area contributed by atoms with Crippen LogP contribution in [0.25, 0.3) is 0 Å². The minimum absolute atomic E-state index is 0.0814. The summed E-state index contributed by atoms with van der Waals surface area (Å²) in [4.78, 5) is 2.25. The average Bonchev–Trinajstić information content (AvgIpc) is 2.88. The van der Waals surface area contributed by atoms with Gasteiger partial charge in [0.2, 0.25) is 0 Å². The van der Waals surface area contributed by atoms with Crippen molar-refractivity contribution in [3.8, 4) is 5.75 Å². The van der Waals surface area contributed by atoms with Gasteiger partial charge >= 0.3 is 6.61 Å². The Balaban J connectivity index is 1.65. The molecule has 0 saturated carbocycles. The fraction of sp³-hybridized carbons (Fsp3) is 0.333. The number of alkyl halides is 2. The SMILES string of the molecule is N[C@@H]1CN(Cc2cccc(OC(F)F)c2)C[C@H]1c1ccccc1. The molecule has 0 unspecified atom stereocenters. The van der Waals surface area contributed by atoms with E-state index in [9.17, 15) is 8.78 Å². The summed E-state index contributed by atoms with van der Waals surface area (Å²) in [6, 6.07) is 17.2. The van der Waals surface area contributed by atoms with Crippen LogP contribution in [-0.2, 0) is 6.54 Å². The zero-order valence-electron chi connectivity index (χ0n) is 12.7. The fourth-order valence-corrected chi connectivity index (χ4v) is 3.17. The van der Waals surface area contributed by atoms with Gasteiger partial charge in [-0.25, -0.2) is 0 Å². The van der Waals surface area contributed by atoms with E-state index >= 15 is 0 Å². The zero-order chi connectivity index (χ0) is 16.2. The summed E-state index contributed by atoms with van der Waals surface area (Å²) in [5, 5.41) is 0. The van der Waals surface area contributed by atoms with E-state index < -0.39 is 6.61 Å². The molecule has 1 heterocycles. The lowest BCUT2D eigenvalue weighted by Gasteiger charge is -2.16. The lowest BCUT2D eigenvalue weighted by atomic mass is 9.95. The summed E-state index contributed by atoms with van der Waals surface area (Å²) < 4.78 is 29.1. The minimum atomic E-state index is -2.80. The van der Waals surface area contributed by atoms with Gasteiger partial charge in [-0.15, -0.1) is 0 Å². The first kappa shape index (κ1) is 15.9. The predicted molar refractivity (Wildman–Crippen MR) is 85.5 cm³/mol. The van der Waals surface area contributed by atoms with Crippen molar-refractivity contribution in [2.75, 3.05) is 13.1 Å². The first-order valence-corrected chi connectivity index (χ1v) is 7.68. The molecule has 2 aromatic rings. The first-order valence-electron chi connectivity index (χ1n) is 7.68. The van der Waals surface area contributed by atoms with Gasteiger partial charge < -0.3 is 10.5 Å². The van der Waals surface area contributed by atoms with Gasteiger partial charge in [-0.3, -0.25) is 4.90 Å². The molecule has 23 heavy (non-hydrogen) atoms. The highest BCUT2D eigenvalue weighted by Crippen LogP contribution is 2.28. The Labute approximate surface area is 134 Å². The molecule has 1 fully saturated rings. The van der Waals surface area contributed by atoms with Crippen LogP contribution >= 0.6 is 0 Å². The largest absolute Gasteiger partial charge is 0.435 e. The van der Waals surface area contributed by atoms with Crippen LogP contribution in [-0.4, -0.2) is 30.6 Å². The van der Waals surface area contributed by atoms with Crippen molar-refractivity contribution in [3.63, 3.8) is 0 Å². The Morgan fingerprint density at radius 3 is 2.61 bits per heavy atom. The van der Waals surface area contributed by atoms with Crippen LogP contribution in [0.1, 0.15) is 17.0 Å². The summed E-state index contributed by atoms with van der Waals surface area (Å²) >= 11 is 0. The summed E-state index contributed by atoms with van der Waals surface area (Å²) in [6.45, 7) is -0.463. The third-order valence-electron chi connectivity index (χ3n) is 4.20. The summed E-state index contributed by atoms with van der Waals surface area (Å²) in [5.74, 6) is 0.498. The number of nitrogens with zero attached hydrogens (tertiary/aromatic N) is 1. The second-order valence-electron chi connectivity index (χ2n) is 5.90. The molecule has 0 aliphatic carbocycles. The predicted octanol–water partition coefficient (Wildman–Crippen LogP) is 3.21. The number of hydrogen-bond acceptors (Lipinski definition) is 3. The van der Waals surface area contributed by atoms with Crippen LogP contribution in [0.5, 0.6) is 5.75 Å². The standard InChI is InChI=1S/C18H20F2N2O/c19-18(20)23-15-8-4-5-13(9-15)10-22-11-16(17(21)12-22)14-6-2-1-3-7-14/h1-9,16-18H,10-12,21H2/t16-,17+/m0/s1. The molecular formula is C18H20F2N2O. The van der Waals surface area contributed by atoms with E-state index in [0.29, 0.717) is 12.5 Å². The Morgan fingerprint density at radius 2 is 1.87 bits per heavy atom. The van der Waals surface area contributed by atoms with Gasteiger partial charge in [-0.2, -0.15) is 8.78 Å². The number of benzene rings is 2. The van der Waals surface area contributed by atoms with Crippen LogP contribution in [0.3, 0.4) is 0 Å². The van der Waals surface area contributed by atoms with Gasteiger partial charge in [0, 0.05) is 31.6 Å². The van der Waals surface area contributed by atoms with Crippen LogP contribution in [0, 0.1) is 0 Å². The number of nitrogens with two attached hydrogens (primary N) is 1. The molecule has 0 spiro atoms. The molecule has 2 N–H and O–H groups in total. The molecule has 122 valence electrons. The maximum absolute atomic E-state index is 12.3. The van der Waals surface area contributed by atoms with Gasteiger partial charge in [0.15, 0.2) is 0 Å². The number of halogens is 2. The fourth-order valence-electron chi connectivity index (χ4n) is 3.17. The van der Waals surface area contributed by atoms with Gasteiger partial charge in [0.25, 0.3) is 0 Å². The van der Waals surface area contributed by atoms with Gasteiger partial charge in [0.05, 0.1) is 0 Å². The molecule has 1 aliphatic rings. The number of rotatable bonds is 5. The molecule has 1 saturated heterocycles. The second kappa shape index (κ2) is 7.06. The molecule has 0 bridgehead atoms. The van der Waals surface area contributed by atoms with E-state index in [0.717, 1.165) is 18.7 Å². The van der Waals surface area contributed by atoms with Gasteiger partial charge in [-0.1, -0.05) is 42.5 Å². The lowest BCUT2D eigenvalue weighted by molar-refractivity contribution is -0.0499. The maximum atomic E-state index is 12.3. The Kier molecular flexibility index (Phi) is 4.88. The third kappa shape index (κ3) is 4.06. The molecule has 0 radical (unpaired) electrons. The smallest absolute Gasteiger partial charge is 0.387 e. The van der Waals surface area contributed by atoms with Crippen molar-refractivity contribution in [2.45, 2.75) is 25.1 Å². The summed E-state index contributed by atoms with van der Waals surface area (Å²) in [5.41, 5.74) is 8.48. The van der Waals surface area contributed by atoms with Crippen molar-refractivity contribution < 1.29 is 13.5 Å². The topological polar surface area (TPSA) is 38.5 Å². The molecule has 5 heteroatoms. The summed E-state index contributed by atoms with van der Waals surface area (Å²) in [7, 11) is 0. The van der Waals surface area contributed by atoms with Crippen LogP contribution in [0.4, 0.5) is 8.78 Å². The third-order valence-corrected chi connectivity index (χ3v) is 4.20. The van der Waals surface area contributed by atoms with E-state index in [-0.39, 0.29) is 11.8 Å². The van der Waals surface area contributed by atoms with Crippen LogP contribution in [0.2, 0.25) is 0 Å². The summed E-state index contributed by atoms with van der Waals surface area (Å²) in [6.07, 6.45) is 0. The molecule has 3 nitrogen and oxygen atoms in total. The highest BCUT2D eigenvalue weighted by Gasteiger charge is 2.30. The minimum Gasteiger partial charge on any atom is -0.435 e. The normalized spacial score (nSPS) is 21.7. The number of ether oxygens (including phenoxy) is 1. The van der Waals surface area contributed by atoms with Crippen LogP contribution < -0.4 is 10.5 Å². The van der Waals surface area contributed by atoms with E-state index in [1.165, 1.54) is 11.6 Å². The molecule has 0 amide bonds. The van der Waals surface area contributed by atoms with Crippen molar-refractivity contribution in [1.29, 1.82) is 0 Å². The monoisotopic (exact) mass is 318 g/mol. The first-order chi connectivity index (χ1) is 11.1. The van der Waals surface area contributed by atoms with E-state index in [4.69, 9.17) is 5.73 Å². The quantitative estimate of drug-likeness (QED) is 0.920. The van der Waals surface area contributed by atoms with Gasteiger partial charge in [-0.05, 0) is 23.3 Å². The average molecular weight is 318 g/mol. The van der Waals surface area contributed by atoms with Crippen LogP contribution in [0.15, 0.2) is 54.6 Å². The van der Waals surface area contributed by atoms with Crippen molar-refractivity contribution in [2.24, 2.45) is 5.73 Å². The highest BCUT2D eigenvalue weighted by molar-refractivity contribution is 5.29. The van der Waals surface area contributed by atoms with E-state index in [1.54, 1.807) is 12.1 Å². The molecular weight excluding hydrogens is 298 g/mol. The Morgan fingerprint density at radius 1 is 1.09 bits per heavy atom. The second-order valence-corrected chi connectivity index (χ2v) is 5.90.